The summed E-state index contributed by atoms with van der Waals surface area (Å²) < 4.78 is 36.8. The molecule has 1 aliphatic heterocycles. The van der Waals surface area contributed by atoms with Gasteiger partial charge in [-0.25, -0.2) is 17.7 Å². The fourth-order valence-electron chi connectivity index (χ4n) is 3.72. The smallest absolute Gasteiger partial charge is 0.261 e. The number of nitrogens with zero attached hydrogens (tertiary/aromatic N) is 3. The average molecular weight is 453 g/mol. The number of aryl methyl sites for hydroxylation is 1. The van der Waals surface area contributed by atoms with Gasteiger partial charge in [-0.1, -0.05) is 0 Å². The van der Waals surface area contributed by atoms with Gasteiger partial charge in [-0.15, -0.1) is 0 Å². The molecule has 1 saturated heterocycles. The van der Waals surface area contributed by atoms with Crippen LogP contribution in [0, 0.1) is 0 Å². The van der Waals surface area contributed by atoms with Crippen LogP contribution in [0.2, 0.25) is 0 Å². The van der Waals surface area contributed by atoms with Crippen molar-refractivity contribution in [1.29, 1.82) is 0 Å². The first-order valence-electron chi connectivity index (χ1n) is 10.1. The monoisotopic (exact) mass is 452 g/mol. The Morgan fingerprint density at radius 1 is 1.26 bits per heavy atom. The normalized spacial score (nSPS) is 17.5. The third-order valence-corrected chi connectivity index (χ3v) is 6.62. The molecule has 1 aliphatic rings. The number of hydrogen-bond acceptors (Lipinski definition) is 7. The number of sulfonamides is 1. The zero-order valence-electron chi connectivity index (χ0n) is 18.0. The Morgan fingerprint density at radius 3 is 2.65 bits per heavy atom. The van der Waals surface area contributed by atoms with Crippen molar-refractivity contribution in [2.45, 2.75) is 38.3 Å². The molecule has 3 rings (SSSR count). The first-order valence-corrected chi connectivity index (χ1v) is 11.9. The van der Waals surface area contributed by atoms with Crippen molar-refractivity contribution in [3.05, 3.63) is 28.8 Å². The van der Waals surface area contributed by atoms with Crippen LogP contribution < -0.4 is 20.3 Å². The summed E-state index contributed by atoms with van der Waals surface area (Å²) in [5, 5.41) is 3.31. The maximum atomic E-state index is 12.8. The first-order chi connectivity index (χ1) is 14.7. The molecule has 31 heavy (non-hydrogen) atoms. The summed E-state index contributed by atoms with van der Waals surface area (Å²) in [6, 6.07) is 3.06. The lowest BCUT2D eigenvalue weighted by atomic mass is 10.1. The van der Waals surface area contributed by atoms with Crippen LogP contribution in [0.1, 0.15) is 25.7 Å². The second-order valence-electron chi connectivity index (χ2n) is 7.60. The van der Waals surface area contributed by atoms with Crippen molar-refractivity contribution >= 4 is 26.8 Å². The number of nitrogens with one attached hydrogen (secondary N) is 1. The van der Waals surface area contributed by atoms with Crippen LogP contribution >= 0.6 is 0 Å². The van der Waals surface area contributed by atoms with Gasteiger partial charge >= 0.3 is 0 Å². The van der Waals surface area contributed by atoms with E-state index in [0.717, 1.165) is 6.42 Å². The Bertz CT molecular complexity index is 1110. The van der Waals surface area contributed by atoms with Gasteiger partial charge in [-0.2, -0.15) is 0 Å². The van der Waals surface area contributed by atoms with E-state index in [2.05, 4.69) is 10.3 Å². The largest absolute Gasteiger partial charge is 0.493 e. The molecule has 1 aromatic heterocycles. The summed E-state index contributed by atoms with van der Waals surface area (Å²) in [5.41, 5.74) is 0.284. The minimum Gasteiger partial charge on any atom is -0.493 e. The van der Waals surface area contributed by atoms with E-state index in [0.29, 0.717) is 54.9 Å². The molecule has 11 heteroatoms. The van der Waals surface area contributed by atoms with Crippen LogP contribution in [0.5, 0.6) is 11.5 Å². The van der Waals surface area contributed by atoms with Gasteiger partial charge in [0, 0.05) is 38.2 Å². The molecule has 1 atom stereocenters. The van der Waals surface area contributed by atoms with Gasteiger partial charge in [0.15, 0.2) is 11.5 Å². The lowest BCUT2D eigenvalue weighted by molar-refractivity contribution is -0.122. The van der Waals surface area contributed by atoms with Gasteiger partial charge in [-0.05, 0) is 25.3 Å². The van der Waals surface area contributed by atoms with Gasteiger partial charge in [0.25, 0.3) is 5.56 Å². The number of aromatic nitrogens is 2. The molecule has 0 saturated carbocycles. The van der Waals surface area contributed by atoms with E-state index in [1.165, 1.54) is 35.7 Å². The molecule has 0 radical (unpaired) electrons. The summed E-state index contributed by atoms with van der Waals surface area (Å²) in [5.74, 6) is 0.781. The molecule has 1 aromatic carbocycles. The lowest BCUT2D eigenvalue weighted by Gasteiger charge is -2.31. The topological polar surface area (TPSA) is 120 Å². The molecule has 0 aliphatic carbocycles. The van der Waals surface area contributed by atoms with E-state index < -0.39 is 10.0 Å². The van der Waals surface area contributed by atoms with Crippen molar-refractivity contribution in [2.24, 2.45) is 0 Å². The van der Waals surface area contributed by atoms with E-state index in [1.807, 2.05) is 0 Å². The number of methoxy groups -OCH3 is 2. The summed E-state index contributed by atoms with van der Waals surface area (Å²) in [6.45, 7) is 1.12. The summed E-state index contributed by atoms with van der Waals surface area (Å²) in [6.07, 6.45) is 4.78. The molecule has 2 heterocycles. The molecule has 170 valence electrons. The van der Waals surface area contributed by atoms with E-state index >= 15 is 0 Å². The molecule has 2 aromatic rings. The molecule has 1 fully saturated rings. The second kappa shape index (κ2) is 9.65. The molecular weight excluding hydrogens is 424 g/mol. The number of benzene rings is 1. The number of rotatable bonds is 8. The van der Waals surface area contributed by atoms with Gasteiger partial charge in [0.1, 0.15) is 0 Å². The van der Waals surface area contributed by atoms with Crippen molar-refractivity contribution < 1.29 is 22.7 Å². The molecule has 0 spiro atoms. The Hall–Kier alpha value is -2.66. The SMILES string of the molecule is COc1cc2ncn(CCCC(=O)NC3CCCN(S(C)(=O)=O)C3)c(=O)c2cc1OC. The predicted molar refractivity (Wildman–Crippen MR) is 116 cm³/mol. The minimum atomic E-state index is -3.26. The zero-order chi connectivity index (χ0) is 22.6. The fraction of sp³-hybridized carbons (Fsp3) is 0.550. The van der Waals surface area contributed by atoms with Gasteiger partial charge in [0.2, 0.25) is 15.9 Å². The van der Waals surface area contributed by atoms with E-state index in [-0.39, 0.29) is 23.9 Å². The zero-order valence-corrected chi connectivity index (χ0v) is 18.8. The molecular formula is C20H28N4O6S. The number of carbonyl (C=O) groups is 1. The standard InChI is InChI=1S/C20H28N4O6S/c1-29-17-10-15-16(11-18(17)30-2)21-13-23(20(15)26)8-5-7-19(25)22-14-6-4-9-24(12-14)31(3,27)28/h10-11,13-14H,4-9,12H2,1-3H3,(H,22,25). The molecule has 10 nitrogen and oxygen atoms in total. The maximum absolute atomic E-state index is 12.8. The van der Waals surface area contributed by atoms with E-state index in [4.69, 9.17) is 9.47 Å². The first kappa shape index (κ1) is 23.0. The van der Waals surface area contributed by atoms with Crippen molar-refractivity contribution in [3.63, 3.8) is 0 Å². The molecule has 1 N–H and O–H groups in total. The third kappa shape index (κ3) is 5.53. The van der Waals surface area contributed by atoms with Crippen LogP contribution in [-0.2, 0) is 21.4 Å². The van der Waals surface area contributed by atoms with Crippen LogP contribution in [-0.4, -0.2) is 67.8 Å². The van der Waals surface area contributed by atoms with E-state index in [9.17, 15) is 18.0 Å². The summed E-state index contributed by atoms with van der Waals surface area (Å²) in [7, 11) is -0.245. The number of amides is 1. The maximum Gasteiger partial charge on any atom is 0.261 e. The predicted octanol–water partition coefficient (Wildman–Crippen LogP) is 0.734. The number of piperidine rings is 1. The second-order valence-corrected chi connectivity index (χ2v) is 9.58. The quantitative estimate of drug-likeness (QED) is 0.627. The summed E-state index contributed by atoms with van der Waals surface area (Å²) in [4.78, 5) is 29.4. The highest BCUT2D eigenvalue weighted by Crippen LogP contribution is 2.29. The fourth-order valence-corrected chi connectivity index (χ4v) is 4.63. The Kier molecular flexibility index (Phi) is 7.16. The minimum absolute atomic E-state index is 0.159. The Morgan fingerprint density at radius 2 is 1.97 bits per heavy atom. The van der Waals surface area contributed by atoms with Crippen molar-refractivity contribution in [2.75, 3.05) is 33.6 Å². The Balaban J connectivity index is 1.59. The van der Waals surface area contributed by atoms with E-state index in [1.54, 1.807) is 12.1 Å². The van der Waals surface area contributed by atoms with Crippen LogP contribution in [0.4, 0.5) is 0 Å². The number of fused-ring (bicyclic) bond motifs is 1. The van der Waals surface area contributed by atoms with Gasteiger partial charge in [0.05, 0.1) is 37.7 Å². The lowest BCUT2D eigenvalue weighted by Crippen LogP contribution is -2.49. The number of ether oxygens (including phenoxy) is 2. The third-order valence-electron chi connectivity index (χ3n) is 5.35. The molecule has 0 bridgehead atoms. The molecule has 1 amide bonds. The summed E-state index contributed by atoms with van der Waals surface area (Å²) >= 11 is 0. The van der Waals surface area contributed by atoms with Crippen LogP contribution in [0.25, 0.3) is 10.9 Å². The van der Waals surface area contributed by atoms with Gasteiger partial charge < -0.3 is 14.8 Å². The highest BCUT2D eigenvalue weighted by Gasteiger charge is 2.26. The number of hydrogen-bond donors (Lipinski definition) is 1. The van der Waals surface area contributed by atoms with Gasteiger partial charge in [-0.3, -0.25) is 14.2 Å². The van der Waals surface area contributed by atoms with Crippen molar-refractivity contribution in [1.82, 2.24) is 19.2 Å². The van der Waals surface area contributed by atoms with Crippen LogP contribution in [0.3, 0.4) is 0 Å². The highest BCUT2D eigenvalue weighted by molar-refractivity contribution is 7.88. The van der Waals surface area contributed by atoms with Crippen LogP contribution in [0.15, 0.2) is 23.3 Å². The number of carbonyl (C=O) groups excluding carboxylic acids is 1. The molecule has 1 unspecified atom stereocenters. The van der Waals surface area contributed by atoms with Crippen molar-refractivity contribution in [3.8, 4) is 11.5 Å². The Labute approximate surface area is 181 Å². The highest BCUT2D eigenvalue weighted by atomic mass is 32.2. The average Bonchev–Trinajstić information content (AvgIpc) is 2.74.